The predicted octanol–water partition coefficient (Wildman–Crippen LogP) is 2.24. The number of ether oxygens (including phenoxy) is 1. The van der Waals surface area contributed by atoms with Crippen molar-refractivity contribution < 1.29 is 9.53 Å². The van der Waals surface area contributed by atoms with Gasteiger partial charge in [-0.15, -0.1) is 0 Å². The molecule has 0 spiro atoms. The Morgan fingerprint density at radius 2 is 1.86 bits per heavy atom. The molecule has 0 radical (unpaired) electrons. The molecular formula is C11H15O2Sb. The number of carbonyl (C=O) groups is 1. The molecule has 0 aliphatic rings. The van der Waals surface area contributed by atoms with Crippen molar-refractivity contribution in [2.45, 2.75) is 13.6 Å². The fourth-order valence-corrected chi connectivity index (χ4v) is 5.09. The Morgan fingerprint density at radius 3 is 2.29 bits per heavy atom. The summed E-state index contributed by atoms with van der Waals surface area (Å²) in [5, 5.41) is 0. The average Bonchev–Trinajstić information content (AvgIpc) is 2.19. The molecule has 0 aliphatic heterocycles. The Hall–Kier alpha value is -0.492. The Balaban J connectivity index is 2.95. The number of benzene rings is 1. The second-order valence-corrected chi connectivity index (χ2v) is 10.3. The quantitative estimate of drug-likeness (QED) is 0.632. The Bertz CT molecular complexity index is 295. The van der Waals surface area contributed by atoms with Gasteiger partial charge >= 0.3 is 92.3 Å². The molecule has 1 aromatic carbocycles. The van der Waals surface area contributed by atoms with Crippen LogP contribution < -0.4 is 0 Å². The van der Waals surface area contributed by atoms with E-state index in [1.807, 2.05) is 30.3 Å². The van der Waals surface area contributed by atoms with Crippen LogP contribution in [-0.4, -0.2) is 33.3 Å². The first-order valence-electron chi connectivity index (χ1n) is 4.46. The molecule has 2 nitrogen and oxygen atoms in total. The summed E-state index contributed by atoms with van der Waals surface area (Å²) in [5.74, 6) is -0.0794. The monoisotopic (exact) mass is 300 g/mol. The van der Waals surface area contributed by atoms with Crippen LogP contribution in [0.5, 0.6) is 0 Å². The van der Waals surface area contributed by atoms with E-state index in [0.717, 1.165) is 5.56 Å². The summed E-state index contributed by atoms with van der Waals surface area (Å²) in [7, 11) is 1.46. The molecule has 0 saturated heterocycles. The third kappa shape index (κ3) is 2.75. The van der Waals surface area contributed by atoms with Gasteiger partial charge < -0.3 is 0 Å². The zero-order valence-corrected chi connectivity index (χ0v) is 11.3. The van der Waals surface area contributed by atoms with E-state index < -0.39 is 20.2 Å². The van der Waals surface area contributed by atoms with E-state index in [0.29, 0.717) is 0 Å². The molecule has 1 aromatic rings. The summed E-state index contributed by atoms with van der Waals surface area (Å²) in [6.45, 7) is 0. The topological polar surface area (TPSA) is 26.3 Å². The molecule has 1 unspecified atom stereocenters. The first-order chi connectivity index (χ1) is 6.66. The maximum atomic E-state index is 11.6. The van der Waals surface area contributed by atoms with Crippen molar-refractivity contribution in [2.75, 3.05) is 7.11 Å². The van der Waals surface area contributed by atoms with Crippen LogP contribution >= 0.6 is 0 Å². The van der Waals surface area contributed by atoms with Gasteiger partial charge in [-0.25, -0.2) is 0 Å². The second-order valence-electron chi connectivity index (χ2n) is 3.30. The van der Waals surface area contributed by atoms with Gasteiger partial charge in [0.25, 0.3) is 0 Å². The van der Waals surface area contributed by atoms with Crippen molar-refractivity contribution >= 4 is 26.2 Å². The fraction of sp³-hybridized carbons (Fsp3) is 0.364. The van der Waals surface area contributed by atoms with Crippen LogP contribution in [0.15, 0.2) is 30.3 Å². The molecule has 0 amide bonds. The average molecular weight is 301 g/mol. The van der Waals surface area contributed by atoms with Gasteiger partial charge in [0.2, 0.25) is 0 Å². The normalized spacial score (nSPS) is 12.6. The van der Waals surface area contributed by atoms with Gasteiger partial charge in [0.1, 0.15) is 0 Å². The molecule has 0 saturated carbocycles. The van der Waals surface area contributed by atoms with Gasteiger partial charge in [-0.05, 0) is 0 Å². The maximum absolute atomic E-state index is 11.6. The van der Waals surface area contributed by atoms with E-state index in [2.05, 4.69) is 9.74 Å². The summed E-state index contributed by atoms with van der Waals surface area (Å²) in [4.78, 5) is 16.0. The van der Waals surface area contributed by atoms with E-state index >= 15 is 0 Å². The number of esters is 1. The SMILES string of the molecule is COC(=O)[CH](c1ccccc1)[Sb]([CH3])[CH3]. The molecule has 1 rings (SSSR count). The van der Waals surface area contributed by atoms with Crippen LogP contribution in [-0.2, 0) is 9.53 Å². The first kappa shape index (κ1) is 11.6. The third-order valence-corrected chi connectivity index (χ3v) is 6.46. The van der Waals surface area contributed by atoms with Gasteiger partial charge in [0.05, 0.1) is 0 Å². The van der Waals surface area contributed by atoms with E-state index in [4.69, 9.17) is 4.74 Å². The minimum absolute atomic E-state index is 0.0317. The van der Waals surface area contributed by atoms with Crippen molar-refractivity contribution in [3.63, 3.8) is 0 Å². The summed E-state index contributed by atoms with van der Waals surface area (Å²) in [5.41, 5.74) is 1.10. The zero-order chi connectivity index (χ0) is 10.6. The molecule has 14 heavy (non-hydrogen) atoms. The van der Waals surface area contributed by atoms with Crippen LogP contribution in [0, 0.1) is 0 Å². The molecule has 0 fully saturated rings. The molecule has 1 atom stereocenters. The molecule has 0 aliphatic carbocycles. The predicted molar refractivity (Wildman–Crippen MR) is 58.7 cm³/mol. The molecule has 0 aromatic heterocycles. The van der Waals surface area contributed by atoms with Gasteiger partial charge in [-0.1, -0.05) is 0 Å². The van der Waals surface area contributed by atoms with Crippen molar-refractivity contribution in [2.24, 2.45) is 0 Å². The van der Waals surface area contributed by atoms with Crippen molar-refractivity contribution in [1.29, 1.82) is 0 Å². The second kappa shape index (κ2) is 5.40. The van der Waals surface area contributed by atoms with Gasteiger partial charge in [0.15, 0.2) is 0 Å². The van der Waals surface area contributed by atoms with Gasteiger partial charge in [-0.2, -0.15) is 0 Å². The molecule has 76 valence electrons. The minimum atomic E-state index is -1.48. The van der Waals surface area contributed by atoms with Crippen molar-refractivity contribution in [1.82, 2.24) is 0 Å². The standard InChI is InChI=1S/C9H9O2.2CH3.Sb/c1-11-9(10)7-8-5-3-2-4-6-8;;;/h2-7H,1H3;2*1H3;. The third-order valence-electron chi connectivity index (χ3n) is 2.06. The summed E-state index contributed by atoms with van der Waals surface area (Å²) >= 11 is -1.48. The molecule has 0 heterocycles. The van der Waals surface area contributed by atoms with Crippen molar-refractivity contribution in [3.8, 4) is 0 Å². The number of methoxy groups -OCH3 is 1. The van der Waals surface area contributed by atoms with Gasteiger partial charge in [0, 0.05) is 0 Å². The summed E-state index contributed by atoms with van der Waals surface area (Å²) in [6, 6.07) is 9.91. The molecule has 0 bridgehead atoms. The van der Waals surface area contributed by atoms with Gasteiger partial charge in [-0.3, -0.25) is 0 Å². The number of hydrogen-bond donors (Lipinski definition) is 0. The van der Waals surface area contributed by atoms with Crippen molar-refractivity contribution in [3.05, 3.63) is 35.9 Å². The van der Waals surface area contributed by atoms with Crippen LogP contribution in [0.4, 0.5) is 0 Å². The number of carbonyl (C=O) groups excluding carboxylic acids is 1. The fourth-order valence-electron chi connectivity index (χ4n) is 1.39. The summed E-state index contributed by atoms with van der Waals surface area (Å²) in [6.07, 6.45) is 0. The first-order valence-corrected chi connectivity index (χ1v) is 11.0. The summed E-state index contributed by atoms with van der Waals surface area (Å²) < 4.78 is 4.87. The number of hydrogen-bond acceptors (Lipinski definition) is 2. The van der Waals surface area contributed by atoms with Crippen LogP contribution in [0.1, 0.15) is 9.43 Å². The Morgan fingerprint density at radius 1 is 1.29 bits per heavy atom. The van der Waals surface area contributed by atoms with E-state index in [-0.39, 0.29) is 9.83 Å². The van der Waals surface area contributed by atoms with E-state index in [1.54, 1.807) is 0 Å². The molecule has 3 heteroatoms. The Labute approximate surface area is 92.2 Å². The molecule has 0 N–H and O–H groups in total. The van der Waals surface area contributed by atoms with E-state index in [9.17, 15) is 4.79 Å². The molecular weight excluding hydrogens is 286 g/mol. The van der Waals surface area contributed by atoms with E-state index in [1.165, 1.54) is 7.11 Å². The van der Waals surface area contributed by atoms with Crippen LogP contribution in [0.25, 0.3) is 0 Å². The van der Waals surface area contributed by atoms with Crippen LogP contribution in [0.3, 0.4) is 0 Å². The zero-order valence-electron chi connectivity index (χ0n) is 8.73. The van der Waals surface area contributed by atoms with Crippen LogP contribution in [0.2, 0.25) is 9.74 Å². The Kier molecular flexibility index (Phi) is 4.47. The number of rotatable bonds is 3.